The molecule has 0 aliphatic heterocycles. The van der Waals surface area contributed by atoms with Gasteiger partial charge in [-0.2, -0.15) is 0 Å². The average molecular weight is 301 g/mol. The second kappa shape index (κ2) is 8.43. The maximum Gasteiger partial charge on any atom is 0.310 e. The molecule has 0 aliphatic carbocycles. The maximum atomic E-state index is 11.8. The lowest BCUT2D eigenvalue weighted by Gasteiger charge is -2.14. The van der Waals surface area contributed by atoms with Gasteiger partial charge in [-0.25, -0.2) is 0 Å². The zero-order chi connectivity index (χ0) is 14.4. The molecule has 0 saturated carbocycles. The van der Waals surface area contributed by atoms with E-state index in [9.17, 15) is 9.59 Å². The molecule has 6 heteroatoms. The van der Waals surface area contributed by atoms with Crippen molar-refractivity contribution < 1.29 is 14.3 Å². The number of benzene rings is 1. The summed E-state index contributed by atoms with van der Waals surface area (Å²) in [6, 6.07) is 6.68. The molecule has 1 atom stereocenters. The molecule has 1 aromatic carbocycles. The quantitative estimate of drug-likeness (QED) is 0.644. The first-order valence-electron chi connectivity index (χ1n) is 6.24. The van der Waals surface area contributed by atoms with E-state index in [2.05, 4.69) is 5.32 Å². The number of anilines is 1. The molecule has 5 nitrogen and oxygen atoms in total. The van der Waals surface area contributed by atoms with Gasteiger partial charge in [-0.15, -0.1) is 12.4 Å². The summed E-state index contributed by atoms with van der Waals surface area (Å²) in [5.74, 6) is -0.952. The Hall–Kier alpha value is -1.75. The molecule has 0 spiro atoms. The first kappa shape index (κ1) is 18.2. The number of hydrogen-bond donors (Lipinski definition) is 2. The van der Waals surface area contributed by atoms with Gasteiger partial charge in [0.2, 0.25) is 0 Å². The summed E-state index contributed by atoms with van der Waals surface area (Å²) in [7, 11) is 0. The summed E-state index contributed by atoms with van der Waals surface area (Å²) in [6.45, 7) is 5.52. The fourth-order valence-electron chi connectivity index (χ4n) is 1.46. The molecular formula is C14H21ClN2O3. The molecule has 20 heavy (non-hydrogen) atoms. The zero-order valence-corrected chi connectivity index (χ0v) is 12.7. The van der Waals surface area contributed by atoms with E-state index in [4.69, 9.17) is 10.5 Å². The minimum atomic E-state index is -0.382. The van der Waals surface area contributed by atoms with Crippen molar-refractivity contribution in [3.8, 4) is 0 Å². The Morgan fingerprint density at radius 1 is 1.30 bits per heavy atom. The Bertz CT molecular complexity index is 463. The van der Waals surface area contributed by atoms with Crippen LogP contribution in [0, 0.1) is 5.92 Å². The van der Waals surface area contributed by atoms with Crippen molar-refractivity contribution >= 4 is 30.0 Å². The molecule has 3 N–H and O–H groups in total. The Morgan fingerprint density at radius 2 is 1.95 bits per heavy atom. The van der Waals surface area contributed by atoms with E-state index in [-0.39, 0.29) is 42.9 Å². The van der Waals surface area contributed by atoms with E-state index in [1.807, 2.05) is 0 Å². The minimum Gasteiger partial charge on any atom is -0.463 e. The standard InChI is InChI=1S/C14H20N2O3.ClH/c1-9(2)19-14(18)10(3)8-16-13(17)11-5-4-6-12(15)7-11;/h4-7,9-10H,8,15H2,1-3H3,(H,16,17);1H. The predicted molar refractivity (Wildman–Crippen MR) is 80.8 cm³/mol. The fourth-order valence-corrected chi connectivity index (χ4v) is 1.46. The summed E-state index contributed by atoms with van der Waals surface area (Å²) in [5, 5.41) is 2.68. The molecule has 1 rings (SSSR count). The summed E-state index contributed by atoms with van der Waals surface area (Å²) in [5.41, 5.74) is 6.61. The van der Waals surface area contributed by atoms with E-state index < -0.39 is 0 Å². The maximum absolute atomic E-state index is 11.8. The smallest absolute Gasteiger partial charge is 0.310 e. The number of hydrogen-bond acceptors (Lipinski definition) is 4. The van der Waals surface area contributed by atoms with Gasteiger partial charge in [-0.3, -0.25) is 9.59 Å². The van der Waals surface area contributed by atoms with E-state index in [1.165, 1.54) is 0 Å². The SMILES string of the molecule is CC(C)OC(=O)C(C)CNC(=O)c1cccc(N)c1.Cl. The highest BCUT2D eigenvalue weighted by atomic mass is 35.5. The average Bonchev–Trinajstić information content (AvgIpc) is 2.34. The molecule has 0 fully saturated rings. The molecule has 0 radical (unpaired) electrons. The van der Waals surface area contributed by atoms with Crippen LogP contribution in [0.2, 0.25) is 0 Å². The Labute approximate surface area is 125 Å². The van der Waals surface area contributed by atoms with Gasteiger partial charge < -0.3 is 15.8 Å². The molecule has 1 unspecified atom stereocenters. The number of nitrogens with one attached hydrogen (secondary N) is 1. The van der Waals surface area contributed by atoms with Crippen LogP contribution in [0.4, 0.5) is 5.69 Å². The number of amides is 1. The van der Waals surface area contributed by atoms with Crippen LogP contribution in [0.5, 0.6) is 0 Å². The second-order valence-corrected chi connectivity index (χ2v) is 4.72. The third-order valence-electron chi connectivity index (χ3n) is 2.47. The number of rotatable bonds is 5. The predicted octanol–water partition coefficient (Wildman–Crippen LogP) is 2.01. The van der Waals surface area contributed by atoms with Crippen LogP contribution >= 0.6 is 12.4 Å². The molecule has 112 valence electrons. The molecule has 1 aromatic rings. The zero-order valence-electron chi connectivity index (χ0n) is 11.9. The number of carbonyl (C=O) groups is 2. The number of esters is 1. The van der Waals surface area contributed by atoms with Gasteiger partial charge in [0.15, 0.2) is 0 Å². The van der Waals surface area contributed by atoms with Crippen LogP contribution in [0.25, 0.3) is 0 Å². The van der Waals surface area contributed by atoms with Crippen molar-refractivity contribution in [2.45, 2.75) is 26.9 Å². The van der Waals surface area contributed by atoms with E-state index in [1.54, 1.807) is 45.0 Å². The van der Waals surface area contributed by atoms with Gasteiger partial charge >= 0.3 is 5.97 Å². The number of nitrogens with two attached hydrogens (primary N) is 1. The number of ether oxygens (including phenoxy) is 1. The summed E-state index contributed by atoms with van der Waals surface area (Å²) >= 11 is 0. The van der Waals surface area contributed by atoms with Crippen LogP contribution in [0.3, 0.4) is 0 Å². The second-order valence-electron chi connectivity index (χ2n) is 4.72. The first-order valence-corrected chi connectivity index (χ1v) is 6.24. The van der Waals surface area contributed by atoms with Gasteiger partial charge in [0, 0.05) is 17.8 Å². The normalized spacial score (nSPS) is 11.4. The highest BCUT2D eigenvalue weighted by Crippen LogP contribution is 2.07. The van der Waals surface area contributed by atoms with Crippen molar-refractivity contribution in [3.63, 3.8) is 0 Å². The van der Waals surface area contributed by atoms with E-state index in [0.29, 0.717) is 11.3 Å². The summed E-state index contributed by atoms with van der Waals surface area (Å²) < 4.78 is 5.06. The molecule has 0 aliphatic rings. The largest absolute Gasteiger partial charge is 0.463 e. The fraction of sp³-hybridized carbons (Fsp3) is 0.429. The van der Waals surface area contributed by atoms with Gasteiger partial charge in [0.05, 0.1) is 12.0 Å². The van der Waals surface area contributed by atoms with Gasteiger partial charge in [0.25, 0.3) is 5.91 Å². The van der Waals surface area contributed by atoms with Crippen molar-refractivity contribution in [2.24, 2.45) is 5.92 Å². The highest BCUT2D eigenvalue weighted by Gasteiger charge is 2.17. The van der Waals surface area contributed by atoms with Crippen molar-refractivity contribution in [2.75, 3.05) is 12.3 Å². The number of carbonyl (C=O) groups excluding carboxylic acids is 2. The Kier molecular flexibility index (Phi) is 7.69. The van der Waals surface area contributed by atoms with E-state index >= 15 is 0 Å². The molecule has 1 amide bonds. The minimum absolute atomic E-state index is 0. The van der Waals surface area contributed by atoms with Crippen LogP contribution in [0.15, 0.2) is 24.3 Å². The van der Waals surface area contributed by atoms with Crippen molar-refractivity contribution in [1.29, 1.82) is 0 Å². The van der Waals surface area contributed by atoms with Gasteiger partial charge in [0.1, 0.15) is 0 Å². The lowest BCUT2D eigenvalue weighted by atomic mass is 10.1. The van der Waals surface area contributed by atoms with Crippen molar-refractivity contribution in [1.82, 2.24) is 5.32 Å². The van der Waals surface area contributed by atoms with Gasteiger partial charge in [-0.05, 0) is 32.0 Å². The monoisotopic (exact) mass is 300 g/mol. The third kappa shape index (κ3) is 5.93. The summed E-state index contributed by atoms with van der Waals surface area (Å²) in [4.78, 5) is 23.4. The van der Waals surface area contributed by atoms with Gasteiger partial charge in [-0.1, -0.05) is 13.0 Å². The first-order chi connectivity index (χ1) is 8.90. The molecule has 0 heterocycles. The molecule has 0 saturated heterocycles. The van der Waals surface area contributed by atoms with E-state index in [0.717, 1.165) is 0 Å². The van der Waals surface area contributed by atoms with Crippen LogP contribution in [-0.2, 0) is 9.53 Å². The lowest BCUT2D eigenvalue weighted by Crippen LogP contribution is -2.33. The number of nitrogen functional groups attached to an aromatic ring is 1. The summed E-state index contributed by atoms with van der Waals surface area (Å²) in [6.07, 6.45) is -0.153. The Morgan fingerprint density at radius 3 is 2.50 bits per heavy atom. The molecule has 0 aromatic heterocycles. The topological polar surface area (TPSA) is 81.4 Å². The van der Waals surface area contributed by atoms with Crippen LogP contribution < -0.4 is 11.1 Å². The number of halogens is 1. The Balaban J connectivity index is 0.00000361. The highest BCUT2D eigenvalue weighted by molar-refractivity contribution is 5.95. The lowest BCUT2D eigenvalue weighted by molar-refractivity contribution is -0.151. The van der Waals surface area contributed by atoms with Crippen LogP contribution in [-0.4, -0.2) is 24.5 Å². The van der Waals surface area contributed by atoms with Crippen molar-refractivity contribution in [3.05, 3.63) is 29.8 Å². The third-order valence-corrected chi connectivity index (χ3v) is 2.47. The van der Waals surface area contributed by atoms with Crippen LogP contribution in [0.1, 0.15) is 31.1 Å². The molecular weight excluding hydrogens is 280 g/mol. The molecule has 0 bridgehead atoms.